The van der Waals surface area contributed by atoms with Gasteiger partial charge in [0, 0.05) is 44.1 Å². The van der Waals surface area contributed by atoms with Crippen molar-refractivity contribution < 1.29 is 9.32 Å². The van der Waals surface area contributed by atoms with Gasteiger partial charge in [0.05, 0.1) is 12.2 Å². The second-order valence-corrected chi connectivity index (χ2v) is 7.04. The maximum absolute atomic E-state index is 12.5. The summed E-state index contributed by atoms with van der Waals surface area (Å²) < 4.78 is 5.41. The van der Waals surface area contributed by atoms with Gasteiger partial charge in [-0.3, -0.25) is 4.79 Å². The second-order valence-electron chi connectivity index (χ2n) is 7.04. The Morgan fingerprint density at radius 3 is 2.68 bits per heavy atom. The van der Waals surface area contributed by atoms with E-state index in [4.69, 9.17) is 4.52 Å². The fourth-order valence-electron chi connectivity index (χ4n) is 3.52. The zero-order valence-electron chi connectivity index (χ0n) is 17.7. The van der Waals surface area contributed by atoms with Gasteiger partial charge in [-0.05, 0) is 39.5 Å². The quantitative estimate of drug-likeness (QED) is 0.322. The summed E-state index contributed by atoms with van der Waals surface area (Å²) in [6.07, 6.45) is 5.59. The van der Waals surface area contributed by atoms with Crippen molar-refractivity contribution in [1.82, 2.24) is 20.7 Å². The fraction of sp³-hybridized carbons (Fsp3) is 0.750. The van der Waals surface area contributed by atoms with E-state index in [9.17, 15) is 4.79 Å². The van der Waals surface area contributed by atoms with Crippen LogP contribution in [-0.4, -0.2) is 47.6 Å². The number of hydrogen-bond acceptors (Lipinski definition) is 4. The molecule has 1 aromatic rings. The molecule has 0 aliphatic carbocycles. The third kappa shape index (κ3) is 6.93. The van der Waals surface area contributed by atoms with E-state index >= 15 is 0 Å². The molecular weight excluding hydrogens is 469 g/mol. The third-order valence-corrected chi connectivity index (χ3v) is 5.10. The predicted molar refractivity (Wildman–Crippen MR) is 123 cm³/mol. The van der Waals surface area contributed by atoms with E-state index in [1.807, 2.05) is 11.8 Å². The number of amides is 1. The van der Waals surface area contributed by atoms with Gasteiger partial charge in [-0.2, -0.15) is 0 Å². The van der Waals surface area contributed by atoms with Crippen LogP contribution in [0.25, 0.3) is 0 Å². The number of piperidine rings is 1. The van der Waals surface area contributed by atoms with E-state index in [0.29, 0.717) is 25.6 Å². The maximum Gasteiger partial charge on any atom is 0.224 e. The number of carbonyl (C=O) groups is 1. The topological polar surface area (TPSA) is 82.8 Å². The number of likely N-dealkylation sites (tertiary alicyclic amines) is 1. The van der Waals surface area contributed by atoms with Crippen LogP contribution in [0.4, 0.5) is 0 Å². The number of rotatable bonds is 8. The summed E-state index contributed by atoms with van der Waals surface area (Å²) >= 11 is 0. The molecule has 7 nitrogen and oxygen atoms in total. The number of carbonyl (C=O) groups excluding carboxylic acids is 1. The highest BCUT2D eigenvalue weighted by molar-refractivity contribution is 14.0. The predicted octanol–water partition coefficient (Wildman–Crippen LogP) is 3.26. The molecule has 8 heteroatoms. The molecule has 2 N–H and O–H groups in total. The van der Waals surface area contributed by atoms with Crippen molar-refractivity contribution >= 4 is 35.8 Å². The van der Waals surface area contributed by atoms with Crippen molar-refractivity contribution in [3.05, 3.63) is 17.0 Å². The van der Waals surface area contributed by atoms with Crippen LogP contribution in [0.3, 0.4) is 0 Å². The van der Waals surface area contributed by atoms with Crippen molar-refractivity contribution in [3.63, 3.8) is 0 Å². The van der Waals surface area contributed by atoms with Crippen LogP contribution in [0.15, 0.2) is 9.52 Å². The molecule has 1 aliphatic heterocycles. The van der Waals surface area contributed by atoms with E-state index < -0.39 is 0 Å². The van der Waals surface area contributed by atoms with Gasteiger partial charge < -0.3 is 20.1 Å². The zero-order chi connectivity index (χ0) is 19.6. The molecule has 1 saturated heterocycles. The van der Waals surface area contributed by atoms with Crippen LogP contribution in [0.5, 0.6) is 0 Å². The normalized spacial score (nSPS) is 17.2. The molecule has 0 spiro atoms. The molecular formula is C20H36IN5O2. The van der Waals surface area contributed by atoms with Crippen LogP contribution in [-0.2, 0) is 24.2 Å². The van der Waals surface area contributed by atoms with Crippen molar-refractivity contribution in [2.75, 3.05) is 19.6 Å². The molecule has 1 fully saturated rings. The van der Waals surface area contributed by atoms with Gasteiger partial charge in [-0.15, -0.1) is 24.0 Å². The van der Waals surface area contributed by atoms with Crippen LogP contribution in [0, 0.1) is 0 Å². The summed E-state index contributed by atoms with van der Waals surface area (Å²) in [6.45, 7) is 11.1. The fourth-order valence-corrected chi connectivity index (χ4v) is 3.52. The van der Waals surface area contributed by atoms with Gasteiger partial charge in [0.1, 0.15) is 5.76 Å². The number of halogens is 1. The van der Waals surface area contributed by atoms with E-state index in [-0.39, 0.29) is 29.9 Å². The highest BCUT2D eigenvalue weighted by Crippen LogP contribution is 2.18. The summed E-state index contributed by atoms with van der Waals surface area (Å²) in [4.78, 5) is 19.2. The Hall–Kier alpha value is -1.32. The minimum Gasteiger partial charge on any atom is -0.361 e. The highest BCUT2D eigenvalue weighted by atomic mass is 127. The van der Waals surface area contributed by atoms with Crippen LogP contribution < -0.4 is 10.6 Å². The first-order valence-corrected chi connectivity index (χ1v) is 10.4. The van der Waals surface area contributed by atoms with Crippen molar-refractivity contribution in [2.45, 2.75) is 78.8 Å². The van der Waals surface area contributed by atoms with Crippen molar-refractivity contribution in [2.24, 2.45) is 4.99 Å². The lowest BCUT2D eigenvalue weighted by molar-refractivity contribution is -0.134. The lowest BCUT2D eigenvalue weighted by atomic mass is 10.0. The highest BCUT2D eigenvalue weighted by Gasteiger charge is 2.22. The number of nitrogens with zero attached hydrogens (tertiary/aromatic N) is 3. The minimum absolute atomic E-state index is 0. The molecule has 1 amide bonds. The SMILES string of the molecule is CCNC(=NCc1c(CC)noc1CC)NCCC(=O)N1CCCCC1C.I. The Bertz CT molecular complexity index is 611. The van der Waals surface area contributed by atoms with Gasteiger partial charge in [0.15, 0.2) is 5.96 Å². The summed E-state index contributed by atoms with van der Waals surface area (Å²) in [5.74, 6) is 1.86. The summed E-state index contributed by atoms with van der Waals surface area (Å²) in [6, 6.07) is 0.363. The minimum atomic E-state index is 0. The van der Waals surface area contributed by atoms with Gasteiger partial charge in [0.25, 0.3) is 0 Å². The second kappa shape index (κ2) is 13.0. The van der Waals surface area contributed by atoms with Crippen LogP contribution >= 0.6 is 24.0 Å². The van der Waals surface area contributed by atoms with Crippen molar-refractivity contribution in [3.8, 4) is 0 Å². The first kappa shape index (κ1) is 24.7. The Morgan fingerprint density at radius 1 is 1.25 bits per heavy atom. The van der Waals surface area contributed by atoms with E-state index in [1.54, 1.807) is 0 Å². The van der Waals surface area contributed by atoms with E-state index in [0.717, 1.165) is 61.7 Å². The smallest absolute Gasteiger partial charge is 0.224 e. The third-order valence-electron chi connectivity index (χ3n) is 5.10. The Morgan fingerprint density at radius 2 is 2.04 bits per heavy atom. The summed E-state index contributed by atoms with van der Waals surface area (Å²) in [5.41, 5.74) is 2.05. The Kier molecular flexibility index (Phi) is 11.5. The molecule has 0 radical (unpaired) electrons. The number of nitrogens with one attached hydrogen (secondary N) is 2. The monoisotopic (exact) mass is 505 g/mol. The molecule has 2 rings (SSSR count). The molecule has 160 valence electrons. The molecule has 2 heterocycles. The number of hydrogen-bond donors (Lipinski definition) is 2. The van der Waals surface area contributed by atoms with Crippen LogP contribution in [0.2, 0.25) is 0 Å². The molecule has 1 aliphatic rings. The first-order valence-electron chi connectivity index (χ1n) is 10.4. The standard InChI is InChI=1S/C20H35N5O2.HI/c1-5-17-16(18(6-2)27-24-17)14-23-20(21-7-3)22-12-11-19(26)25-13-9-8-10-15(25)4;/h15H,5-14H2,1-4H3,(H2,21,22,23);1H. The van der Waals surface area contributed by atoms with Crippen molar-refractivity contribution in [1.29, 1.82) is 0 Å². The first-order chi connectivity index (χ1) is 13.1. The molecule has 0 aromatic carbocycles. The van der Waals surface area contributed by atoms with Gasteiger partial charge in [-0.1, -0.05) is 19.0 Å². The molecule has 0 bridgehead atoms. The van der Waals surface area contributed by atoms with Gasteiger partial charge in [0.2, 0.25) is 5.91 Å². The lowest BCUT2D eigenvalue weighted by Crippen LogP contribution is -2.44. The van der Waals surface area contributed by atoms with Gasteiger partial charge >= 0.3 is 0 Å². The zero-order valence-corrected chi connectivity index (χ0v) is 20.0. The number of guanidine groups is 1. The molecule has 1 aromatic heterocycles. The maximum atomic E-state index is 12.5. The number of aryl methyl sites for hydroxylation is 2. The average Bonchev–Trinajstić information content (AvgIpc) is 3.08. The van der Waals surface area contributed by atoms with E-state index in [1.165, 1.54) is 6.42 Å². The molecule has 1 atom stereocenters. The van der Waals surface area contributed by atoms with Crippen LogP contribution in [0.1, 0.15) is 70.4 Å². The summed E-state index contributed by atoms with van der Waals surface area (Å²) in [7, 11) is 0. The lowest BCUT2D eigenvalue weighted by Gasteiger charge is -2.33. The average molecular weight is 505 g/mol. The largest absolute Gasteiger partial charge is 0.361 e. The van der Waals surface area contributed by atoms with Gasteiger partial charge in [-0.25, -0.2) is 4.99 Å². The Balaban J connectivity index is 0.00000392. The Labute approximate surface area is 186 Å². The molecule has 1 unspecified atom stereocenters. The number of aliphatic imine (C=N–C) groups is 1. The van der Waals surface area contributed by atoms with E-state index in [2.05, 4.69) is 41.6 Å². The molecule has 0 saturated carbocycles. The molecule has 28 heavy (non-hydrogen) atoms. The summed E-state index contributed by atoms with van der Waals surface area (Å²) in [5, 5.41) is 10.7. The number of aromatic nitrogens is 1.